The van der Waals surface area contributed by atoms with Gasteiger partial charge in [0.15, 0.2) is 0 Å². The van der Waals surface area contributed by atoms with Crippen LogP contribution in [0.2, 0.25) is 0 Å². The van der Waals surface area contributed by atoms with E-state index in [1.165, 1.54) is 40.7 Å². The largest absolute Gasteiger partial charge is 0.444 e. The van der Waals surface area contributed by atoms with E-state index >= 15 is 0 Å². The maximum atomic E-state index is 13.7. The third kappa shape index (κ3) is 7.72. The molecular weight excluding hydrogens is 713 g/mol. The molecule has 4 aromatic carbocycles. The normalized spacial score (nSPS) is 21.3. The number of nitrogens with two attached hydrogens (primary N) is 2. The molecule has 2 saturated heterocycles. The van der Waals surface area contributed by atoms with Crippen molar-refractivity contribution in [1.29, 1.82) is 0 Å². The van der Waals surface area contributed by atoms with E-state index in [-0.39, 0.29) is 23.3 Å². The SMILES string of the molecule is CC(C)(C)OC(=O)N1CC2(CC2)C[C@H]1C(=O)Nc1ccc(-c2cc3ccc2CCc2ccc(c(-c4ccc(NC(=O)C5CC6(CC6)CN5)c(N)c4)c2)CC3)cc1N. The molecule has 12 rings (SSSR count). The Balaban J connectivity index is 0.902. The molecule has 3 amide bonds. The van der Waals surface area contributed by atoms with E-state index in [9.17, 15) is 14.4 Å². The molecule has 4 bridgehead atoms. The number of aryl methyl sites for hydroxylation is 4. The highest BCUT2D eigenvalue weighted by Gasteiger charge is 2.56. The van der Waals surface area contributed by atoms with Gasteiger partial charge in [-0.3, -0.25) is 14.5 Å². The summed E-state index contributed by atoms with van der Waals surface area (Å²) in [7, 11) is 0. The topological polar surface area (TPSA) is 152 Å². The molecule has 2 saturated carbocycles. The highest BCUT2D eigenvalue weighted by atomic mass is 16.6. The minimum atomic E-state index is -0.644. The lowest BCUT2D eigenvalue weighted by molar-refractivity contribution is -0.120. The summed E-state index contributed by atoms with van der Waals surface area (Å²) in [5.41, 5.74) is 24.5. The molecule has 57 heavy (non-hydrogen) atoms. The predicted octanol–water partition coefficient (Wildman–Crippen LogP) is 7.88. The lowest BCUT2D eigenvalue weighted by Gasteiger charge is -2.28. The van der Waals surface area contributed by atoms with Crippen molar-refractivity contribution >= 4 is 40.7 Å². The summed E-state index contributed by atoms with van der Waals surface area (Å²) in [4.78, 5) is 41.5. The molecule has 6 aliphatic carbocycles. The fourth-order valence-electron chi connectivity index (χ4n) is 9.22. The number of hydrogen-bond donors (Lipinski definition) is 5. The van der Waals surface area contributed by atoms with Crippen molar-refractivity contribution in [2.45, 2.75) is 103 Å². The molecule has 2 atom stereocenters. The van der Waals surface area contributed by atoms with Gasteiger partial charge in [-0.25, -0.2) is 4.79 Å². The lowest BCUT2D eigenvalue weighted by Crippen LogP contribution is -2.45. The van der Waals surface area contributed by atoms with Crippen molar-refractivity contribution in [3.8, 4) is 22.3 Å². The highest BCUT2D eigenvalue weighted by Crippen LogP contribution is 2.55. The quantitative estimate of drug-likeness (QED) is 0.125. The van der Waals surface area contributed by atoms with Gasteiger partial charge in [-0.1, -0.05) is 48.5 Å². The number of ether oxygens (including phenoxy) is 1. The predicted molar refractivity (Wildman–Crippen MR) is 226 cm³/mol. The molecule has 4 fully saturated rings. The van der Waals surface area contributed by atoms with E-state index in [0.717, 1.165) is 68.2 Å². The Hall–Kier alpha value is -5.35. The molecule has 1 unspecified atom stereocenters. The molecule has 10 nitrogen and oxygen atoms in total. The summed E-state index contributed by atoms with van der Waals surface area (Å²) in [6.07, 6.45) is 8.91. The second-order valence-electron chi connectivity index (χ2n) is 18.5. The smallest absolute Gasteiger partial charge is 0.410 e. The van der Waals surface area contributed by atoms with Gasteiger partial charge in [-0.15, -0.1) is 0 Å². The zero-order chi connectivity index (χ0) is 39.7. The van der Waals surface area contributed by atoms with Crippen LogP contribution in [0.3, 0.4) is 0 Å². The average molecular weight is 767 g/mol. The van der Waals surface area contributed by atoms with Gasteiger partial charge in [0.1, 0.15) is 11.6 Å². The van der Waals surface area contributed by atoms with Gasteiger partial charge in [0.2, 0.25) is 11.8 Å². The number of nitrogen functional groups attached to an aromatic ring is 2. The van der Waals surface area contributed by atoms with Gasteiger partial charge in [0, 0.05) is 13.1 Å². The van der Waals surface area contributed by atoms with Crippen molar-refractivity contribution in [3.63, 3.8) is 0 Å². The summed E-state index contributed by atoms with van der Waals surface area (Å²) in [6, 6.07) is 24.6. The number of nitrogens with zero attached hydrogens (tertiary/aromatic N) is 1. The van der Waals surface area contributed by atoms with Crippen LogP contribution in [0.4, 0.5) is 27.5 Å². The van der Waals surface area contributed by atoms with Crippen molar-refractivity contribution < 1.29 is 19.1 Å². The van der Waals surface area contributed by atoms with E-state index in [2.05, 4.69) is 58.4 Å². The minimum Gasteiger partial charge on any atom is -0.444 e. The van der Waals surface area contributed by atoms with E-state index in [1.54, 1.807) is 4.90 Å². The number of carbonyl (C=O) groups is 3. The van der Waals surface area contributed by atoms with Crippen LogP contribution in [0.25, 0.3) is 22.3 Å². The Morgan fingerprint density at radius 1 is 0.702 bits per heavy atom. The highest BCUT2D eigenvalue weighted by molar-refractivity contribution is 6.00. The summed E-state index contributed by atoms with van der Waals surface area (Å²) in [5, 5.41) is 9.52. The van der Waals surface area contributed by atoms with Gasteiger partial charge in [-0.2, -0.15) is 0 Å². The van der Waals surface area contributed by atoms with Crippen molar-refractivity contribution in [3.05, 3.63) is 95.1 Å². The van der Waals surface area contributed by atoms with E-state index in [4.69, 9.17) is 16.2 Å². The molecule has 4 aromatic rings. The van der Waals surface area contributed by atoms with Gasteiger partial charge >= 0.3 is 6.09 Å². The molecule has 2 heterocycles. The standard InChI is InChI=1S/C47H54N6O4/c1-45(2,3)57-44(56)53-27-47(18-19-47)25-41(53)43(55)52-39-15-13-33(23-37(39)49)35-21-29-5-9-30-8-4-28(6-10-31(35)11-7-29)20-34(30)32-12-14-38(36(48)22-32)51-42(54)40-24-46(16-17-46)26-50-40/h4,7-8,11-15,20-23,40-41,50H,5-6,9-10,16-19,24-27,48-49H2,1-3H3,(H,51,54)(H,52,55)/t40?,41-/m0/s1. The second kappa shape index (κ2) is 13.9. The summed E-state index contributed by atoms with van der Waals surface area (Å²) < 4.78 is 5.67. The number of carbonyl (C=O) groups excluding carboxylic acids is 3. The number of amides is 3. The van der Waals surface area contributed by atoms with E-state index in [0.29, 0.717) is 41.1 Å². The lowest BCUT2D eigenvalue weighted by atomic mass is 9.87. The van der Waals surface area contributed by atoms with Crippen LogP contribution in [0.5, 0.6) is 0 Å². The van der Waals surface area contributed by atoms with Crippen molar-refractivity contribution in [1.82, 2.24) is 10.2 Å². The van der Waals surface area contributed by atoms with Crippen molar-refractivity contribution in [2.24, 2.45) is 10.8 Å². The Morgan fingerprint density at radius 3 is 1.74 bits per heavy atom. The van der Waals surface area contributed by atoms with Crippen LogP contribution in [0.15, 0.2) is 72.8 Å². The minimum absolute atomic E-state index is 0.00965. The number of rotatable bonds is 6. The number of nitrogens with one attached hydrogen (secondary N) is 3. The first kappa shape index (κ1) is 37.2. The molecule has 0 aromatic heterocycles. The molecule has 8 aliphatic rings. The first-order chi connectivity index (χ1) is 27.2. The Kier molecular flexibility index (Phi) is 9.11. The molecular formula is C47H54N6O4. The molecule has 2 spiro atoms. The van der Waals surface area contributed by atoms with Crippen LogP contribution < -0.4 is 27.4 Å². The van der Waals surface area contributed by atoms with Crippen LogP contribution in [-0.2, 0) is 40.0 Å². The number of benzene rings is 4. The molecule has 0 radical (unpaired) electrons. The van der Waals surface area contributed by atoms with E-state index in [1.807, 2.05) is 51.1 Å². The summed E-state index contributed by atoms with van der Waals surface area (Å²) in [6.45, 7) is 6.99. The van der Waals surface area contributed by atoms with Gasteiger partial charge in [-0.05, 0) is 165 Å². The number of anilines is 4. The van der Waals surface area contributed by atoms with Crippen LogP contribution >= 0.6 is 0 Å². The monoisotopic (exact) mass is 766 g/mol. The van der Waals surface area contributed by atoms with Gasteiger partial charge in [0.25, 0.3) is 0 Å². The third-order valence-corrected chi connectivity index (χ3v) is 13.0. The molecule has 7 N–H and O–H groups in total. The maximum Gasteiger partial charge on any atom is 0.410 e. The molecule has 2 aliphatic heterocycles. The zero-order valence-electron chi connectivity index (χ0n) is 33.3. The van der Waals surface area contributed by atoms with E-state index < -0.39 is 17.7 Å². The van der Waals surface area contributed by atoms with Crippen molar-refractivity contribution in [2.75, 3.05) is 35.2 Å². The first-order valence-electron chi connectivity index (χ1n) is 20.6. The van der Waals surface area contributed by atoms with Gasteiger partial charge < -0.3 is 32.2 Å². The summed E-state index contributed by atoms with van der Waals surface area (Å²) in [5.74, 6) is -0.246. The molecule has 10 heteroatoms. The Labute approximate surface area is 335 Å². The first-order valence-corrected chi connectivity index (χ1v) is 20.6. The fraction of sp³-hybridized carbons (Fsp3) is 0.426. The Morgan fingerprint density at radius 2 is 1.25 bits per heavy atom. The Bertz CT molecular complexity index is 2290. The molecule has 296 valence electrons. The van der Waals surface area contributed by atoms with Crippen LogP contribution in [-0.4, -0.2) is 53.6 Å². The third-order valence-electron chi connectivity index (χ3n) is 13.0. The zero-order valence-corrected chi connectivity index (χ0v) is 33.3. The maximum absolute atomic E-state index is 13.7. The van der Waals surface area contributed by atoms with Crippen LogP contribution in [0, 0.1) is 10.8 Å². The second-order valence-corrected chi connectivity index (χ2v) is 18.5. The van der Waals surface area contributed by atoms with Gasteiger partial charge in [0.05, 0.1) is 28.8 Å². The number of likely N-dealkylation sites (tertiary alicyclic amines) is 1. The summed E-state index contributed by atoms with van der Waals surface area (Å²) >= 11 is 0. The average Bonchev–Trinajstić information content (AvgIpc) is 4.02. The number of hydrogen-bond acceptors (Lipinski definition) is 7. The van der Waals surface area contributed by atoms with Crippen LogP contribution in [0.1, 0.15) is 81.5 Å². The fourth-order valence-corrected chi connectivity index (χ4v) is 9.22.